The number of nitrogens with one attached hydrogen (secondary N) is 1. The molecule has 0 bridgehead atoms. The molecule has 0 saturated carbocycles. The highest BCUT2D eigenvalue weighted by Gasteiger charge is 2.20. The standard InChI is InChI=1S/C22H17NO3/c24-21(13-12-18-10-6-14-25-18)23-22(16-7-2-1-3-8-16)20-15-17-9-4-5-11-19(17)26-20/h1-15,22H,(H,23,24). The Bertz CT molecular complexity index is 997. The summed E-state index contributed by atoms with van der Waals surface area (Å²) in [5.41, 5.74) is 1.75. The molecule has 4 nitrogen and oxygen atoms in total. The van der Waals surface area contributed by atoms with Crippen LogP contribution in [0.25, 0.3) is 17.0 Å². The maximum absolute atomic E-state index is 12.4. The van der Waals surface area contributed by atoms with E-state index in [2.05, 4.69) is 5.32 Å². The average molecular weight is 343 g/mol. The highest BCUT2D eigenvalue weighted by Crippen LogP contribution is 2.28. The van der Waals surface area contributed by atoms with Crippen LogP contribution < -0.4 is 5.32 Å². The summed E-state index contributed by atoms with van der Waals surface area (Å²) in [6.45, 7) is 0. The Labute approximate surface area is 150 Å². The third-order valence-corrected chi connectivity index (χ3v) is 4.09. The number of carbonyl (C=O) groups is 1. The first-order chi connectivity index (χ1) is 12.8. The van der Waals surface area contributed by atoms with Crippen LogP contribution in [0.1, 0.15) is 23.1 Å². The fraction of sp³-hybridized carbons (Fsp3) is 0.0455. The number of para-hydroxylation sites is 1. The van der Waals surface area contributed by atoms with Gasteiger partial charge in [0.05, 0.1) is 6.26 Å². The Morgan fingerprint density at radius 1 is 0.962 bits per heavy atom. The van der Waals surface area contributed by atoms with Crippen molar-refractivity contribution in [2.75, 3.05) is 0 Å². The SMILES string of the molecule is O=C(C=Cc1ccco1)NC(c1ccccc1)c1cc2ccccc2o1. The number of rotatable bonds is 5. The summed E-state index contributed by atoms with van der Waals surface area (Å²) in [4.78, 5) is 12.4. The molecule has 128 valence electrons. The molecule has 1 amide bonds. The molecule has 0 spiro atoms. The van der Waals surface area contributed by atoms with Gasteiger partial charge in [0.15, 0.2) is 0 Å². The molecule has 0 fully saturated rings. The lowest BCUT2D eigenvalue weighted by Gasteiger charge is -2.16. The largest absolute Gasteiger partial charge is 0.465 e. The van der Waals surface area contributed by atoms with Crippen molar-refractivity contribution in [1.29, 1.82) is 0 Å². The maximum Gasteiger partial charge on any atom is 0.244 e. The van der Waals surface area contributed by atoms with E-state index >= 15 is 0 Å². The minimum absolute atomic E-state index is 0.226. The van der Waals surface area contributed by atoms with E-state index in [1.165, 1.54) is 6.08 Å². The van der Waals surface area contributed by atoms with Crippen molar-refractivity contribution >= 4 is 23.0 Å². The molecule has 1 N–H and O–H groups in total. The number of amides is 1. The first-order valence-corrected chi connectivity index (χ1v) is 8.35. The van der Waals surface area contributed by atoms with Crippen molar-refractivity contribution in [3.63, 3.8) is 0 Å². The third kappa shape index (κ3) is 3.44. The van der Waals surface area contributed by atoms with Gasteiger partial charge in [-0.15, -0.1) is 0 Å². The Morgan fingerprint density at radius 3 is 2.54 bits per heavy atom. The van der Waals surface area contributed by atoms with Crippen LogP contribution in [0.3, 0.4) is 0 Å². The molecule has 0 aliphatic carbocycles. The first kappa shape index (κ1) is 16.0. The van der Waals surface area contributed by atoms with Crippen LogP contribution in [0.4, 0.5) is 0 Å². The Balaban J connectivity index is 1.64. The fourth-order valence-corrected chi connectivity index (χ4v) is 2.84. The fourth-order valence-electron chi connectivity index (χ4n) is 2.84. The third-order valence-electron chi connectivity index (χ3n) is 4.09. The first-order valence-electron chi connectivity index (χ1n) is 8.35. The molecule has 0 saturated heterocycles. The second kappa shape index (κ2) is 7.15. The van der Waals surface area contributed by atoms with E-state index in [0.29, 0.717) is 11.5 Å². The van der Waals surface area contributed by atoms with Gasteiger partial charge in [-0.3, -0.25) is 4.79 Å². The van der Waals surface area contributed by atoms with E-state index in [1.807, 2.05) is 60.7 Å². The van der Waals surface area contributed by atoms with Gasteiger partial charge in [0.2, 0.25) is 5.91 Å². The van der Waals surface area contributed by atoms with E-state index in [-0.39, 0.29) is 11.9 Å². The second-order valence-corrected chi connectivity index (χ2v) is 5.89. The van der Waals surface area contributed by atoms with Crippen LogP contribution in [-0.2, 0) is 4.79 Å². The number of benzene rings is 2. The highest BCUT2D eigenvalue weighted by atomic mass is 16.3. The predicted octanol–water partition coefficient (Wildman–Crippen LogP) is 4.94. The van der Waals surface area contributed by atoms with Crippen molar-refractivity contribution in [3.05, 3.63) is 102 Å². The van der Waals surface area contributed by atoms with Crippen LogP contribution in [0, 0.1) is 0 Å². The van der Waals surface area contributed by atoms with E-state index in [9.17, 15) is 4.79 Å². The molecule has 2 heterocycles. The van der Waals surface area contributed by atoms with Crippen LogP contribution >= 0.6 is 0 Å². The minimum Gasteiger partial charge on any atom is -0.465 e. The molecule has 4 aromatic rings. The lowest BCUT2D eigenvalue weighted by molar-refractivity contribution is -0.117. The zero-order valence-electron chi connectivity index (χ0n) is 14.0. The number of hydrogen-bond acceptors (Lipinski definition) is 3. The quantitative estimate of drug-likeness (QED) is 0.522. The molecular formula is C22H17NO3. The van der Waals surface area contributed by atoms with Crippen LogP contribution in [0.15, 0.2) is 94.0 Å². The van der Waals surface area contributed by atoms with Crippen LogP contribution in [0.2, 0.25) is 0 Å². The normalized spacial score (nSPS) is 12.5. The summed E-state index contributed by atoms with van der Waals surface area (Å²) in [6, 6.07) is 22.7. The Kier molecular flexibility index (Phi) is 4.39. The van der Waals surface area contributed by atoms with E-state index in [0.717, 1.165) is 16.5 Å². The van der Waals surface area contributed by atoms with Gasteiger partial charge in [0.25, 0.3) is 0 Å². The van der Waals surface area contributed by atoms with Crippen molar-refractivity contribution in [1.82, 2.24) is 5.32 Å². The van der Waals surface area contributed by atoms with Gasteiger partial charge >= 0.3 is 0 Å². The van der Waals surface area contributed by atoms with E-state index in [4.69, 9.17) is 8.83 Å². The van der Waals surface area contributed by atoms with Gasteiger partial charge in [-0.25, -0.2) is 0 Å². The van der Waals surface area contributed by atoms with Gasteiger partial charge < -0.3 is 14.2 Å². The summed E-state index contributed by atoms with van der Waals surface area (Å²) < 4.78 is 11.2. The molecule has 4 heteroatoms. The minimum atomic E-state index is -0.377. The second-order valence-electron chi connectivity index (χ2n) is 5.89. The molecule has 0 aliphatic heterocycles. The summed E-state index contributed by atoms with van der Waals surface area (Å²) in [7, 11) is 0. The number of fused-ring (bicyclic) bond motifs is 1. The maximum atomic E-state index is 12.4. The zero-order valence-corrected chi connectivity index (χ0v) is 14.0. The van der Waals surface area contributed by atoms with Crippen molar-refractivity contribution in [3.8, 4) is 0 Å². The lowest BCUT2D eigenvalue weighted by Crippen LogP contribution is -2.27. The Morgan fingerprint density at radius 2 is 1.77 bits per heavy atom. The molecule has 1 atom stereocenters. The smallest absolute Gasteiger partial charge is 0.244 e. The van der Waals surface area contributed by atoms with Gasteiger partial charge in [0, 0.05) is 11.5 Å². The summed E-state index contributed by atoms with van der Waals surface area (Å²) in [5.74, 6) is 1.09. The molecular weight excluding hydrogens is 326 g/mol. The predicted molar refractivity (Wildman–Crippen MR) is 100 cm³/mol. The summed E-state index contributed by atoms with van der Waals surface area (Å²) in [5, 5.41) is 4.02. The van der Waals surface area contributed by atoms with Gasteiger partial charge in [0.1, 0.15) is 23.1 Å². The highest BCUT2D eigenvalue weighted by molar-refractivity contribution is 5.92. The summed E-state index contributed by atoms with van der Waals surface area (Å²) >= 11 is 0. The van der Waals surface area contributed by atoms with Gasteiger partial charge in [-0.2, -0.15) is 0 Å². The molecule has 4 rings (SSSR count). The molecule has 26 heavy (non-hydrogen) atoms. The van der Waals surface area contributed by atoms with Crippen molar-refractivity contribution in [2.45, 2.75) is 6.04 Å². The topological polar surface area (TPSA) is 55.4 Å². The van der Waals surface area contributed by atoms with E-state index in [1.54, 1.807) is 24.5 Å². The molecule has 2 aromatic carbocycles. The molecule has 1 unspecified atom stereocenters. The number of furan rings is 2. The number of carbonyl (C=O) groups excluding carboxylic acids is 1. The van der Waals surface area contributed by atoms with E-state index < -0.39 is 0 Å². The molecule has 2 aromatic heterocycles. The summed E-state index contributed by atoms with van der Waals surface area (Å²) in [6.07, 6.45) is 4.66. The Hall–Kier alpha value is -3.53. The average Bonchev–Trinajstić information content (AvgIpc) is 3.34. The van der Waals surface area contributed by atoms with Crippen molar-refractivity contribution in [2.24, 2.45) is 0 Å². The van der Waals surface area contributed by atoms with Gasteiger partial charge in [-0.05, 0) is 35.9 Å². The number of hydrogen-bond donors (Lipinski definition) is 1. The monoisotopic (exact) mass is 343 g/mol. The van der Waals surface area contributed by atoms with Crippen LogP contribution in [-0.4, -0.2) is 5.91 Å². The van der Waals surface area contributed by atoms with Crippen molar-refractivity contribution < 1.29 is 13.6 Å². The van der Waals surface area contributed by atoms with Gasteiger partial charge in [-0.1, -0.05) is 48.5 Å². The lowest BCUT2D eigenvalue weighted by atomic mass is 10.0. The molecule has 0 radical (unpaired) electrons. The zero-order chi connectivity index (χ0) is 17.8. The van der Waals surface area contributed by atoms with Crippen LogP contribution in [0.5, 0.6) is 0 Å². The molecule has 0 aliphatic rings.